The summed E-state index contributed by atoms with van der Waals surface area (Å²) >= 11 is 6.24. The molecule has 8 heteroatoms. The predicted molar refractivity (Wildman–Crippen MR) is 97.8 cm³/mol. The summed E-state index contributed by atoms with van der Waals surface area (Å²) in [5.74, 6) is -1.94. The molecule has 2 aliphatic carbocycles. The molecule has 28 heavy (non-hydrogen) atoms. The van der Waals surface area contributed by atoms with Gasteiger partial charge in [0.1, 0.15) is 0 Å². The van der Waals surface area contributed by atoms with Gasteiger partial charge in [-0.25, -0.2) is 4.68 Å². The van der Waals surface area contributed by atoms with E-state index >= 15 is 0 Å². The Hall–Kier alpha value is -2.02. The highest BCUT2D eigenvalue weighted by atomic mass is 35.5. The quantitative estimate of drug-likeness (QED) is 0.734. The highest BCUT2D eigenvalue weighted by Crippen LogP contribution is 2.58. The van der Waals surface area contributed by atoms with Crippen molar-refractivity contribution in [3.63, 3.8) is 0 Å². The maximum absolute atomic E-state index is 13.2. The number of piperidine rings is 1. The summed E-state index contributed by atoms with van der Waals surface area (Å²) in [7, 11) is 0. The topological polar surface area (TPSA) is 38.1 Å². The molecule has 0 spiro atoms. The lowest BCUT2D eigenvalue weighted by molar-refractivity contribution is -0.156. The SMILES string of the molecule is Cc1ccc(-n2ncc(C(=O)N3CC[C@@H]4[C@@H]3[C@H]4C(F)(F)F)c2C2CC2)cc1Cl. The molecule has 3 fully saturated rings. The van der Waals surface area contributed by atoms with Crippen LogP contribution < -0.4 is 0 Å². The van der Waals surface area contributed by atoms with Gasteiger partial charge in [-0.3, -0.25) is 4.79 Å². The zero-order valence-electron chi connectivity index (χ0n) is 15.2. The van der Waals surface area contributed by atoms with E-state index in [1.807, 2.05) is 19.1 Å². The largest absolute Gasteiger partial charge is 0.394 e. The highest BCUT2D eigenvalue weighted by molar-refractivity contribution is 6.31. The number of rotatable bonds is 3. The summed E-state index contributed by atoms with van der Waals surface area (Å²) in [6, 6.07) is 4.87. The Morgan fingerprint density at radius 1 is 1.25 bits per heavy atom. The first-order valence-electron chi connectivity index (χ1n) is 9.49. The van der Waals surface area contributed by atoms with Gasteiger partial charge in [0.25, 0.3) is 5.91 Å². The molecule has 0 radical (unpaired) electrons. The summed E-state index contributed by atoms with van der Waals surface area (Å²) < 4.78 is 41.2. The number of aryl methyl sites for hydroxylation is 1. The minimum absolute atomic E-state index is 0.206. The van der Waals surface area contributed by atoms with Crippen LogP contribution in [0.3, 0.4) is 0 Å². The van der Waals surface area contributed by atoms with E-state index in [-0.39, 0.29) is 11.8 Å². The number of hydrogen-bond donors (Lipinski definition) is 0. The Bertz CT molecular complexity index is 966. The zero-order chi connectivity index (χ0) is 19.8. The van der Waals surface area contributed by atoms with Gasteiger partial charge >= 0.3 is 6.18 Å². The number of carbonyl (C=O) groups excluding carboxylic acids is 1. The fraction of sp³-hybridized carbons (Fsp3) is 0.500. The number of alkyl halides is 3. The molecule has 1 amide bonds. The van der Waals surface area contributed by atoms with Gasteiger partial charge in [0, 0.05) is 23.5 Å². The Morgan fingerprint density at radius 2 is 2.00 bits per heavy atom. The number of aromatic nitrogens is 2. The number of halogens is 4. The lowest BCUT2D eigenvalue weighted by atomic mass is 10.1. The lowest BCUT2D eigenvalue weighted by Crippen LogP contribution is -2.35. The number of carbonyl (C=O) groups is 1. The van der Waals surface area contributed by atoms with E-state index in [2.05, 4.69) is 5.10 Å². The molecule has 1 saturated heterocycles. The maximum Gasteiger partial charge on any atom is 0.394 e. The number of hydrogen-bond acceptors (Lipinski definition) is 2. The van der Waals surface area contributed by atoms with E-state index in [9.17, 15) is 18.0 Å². The normalized spacial score (nSPS) is 26.5. The Morgan fingerprint density at radius 3 is 2.61 bits per heavy atom. The number of amides is 1. The second-order valence-corrected chi connectivity index (χ2v) is 8.48. The zero-order valence-corrected chi connectivity index (χ0v) is 16.0. The molecule has 2 aromatic rings. The maximum atomic E-state index is 13.2. The standard InChI is InChI=1S/C20H19ClF3N3O/c1-10-2-5-12(8-15(10)21)27-17(11-3-4-11)14(9-25-27)19(28)26-7-6-13-16(18(13)26)20(22,23)24/h2,5,8-9,11,13,16,18H,3-4,6-7H2,1H3/t13-,16-,18+/m0/s1. The number of benzene rings is 1. The second-order valence-electron chi connectivity index (χ2n) is 8.07. The first kappa shape index (κ1) is 18.0. The molecule has 4 nitrogen and oxygen atoms in total. The van der Waals surface area contributed by atoms with Crippen LogP contribution in [0.2, 0.25) is 5.02 Å². The fourth-order valence-electron chi connectivity index (χ4n) is 4.59. The fourth-order valence-corrected chi connectivity index (χ4v) is 4.76. The molecular weight excluding hydrogens is 391 g/mol. The summed E-state index contributed by atoms with van der Waals surface area (Å²) in [6.45, 7) is 2.29. The van der Waals surface area contributed by atoms with Crippen molar-refractivity contribution in [1.82, 2.24) is 14.7 Å². The lowest BCUT2D eigenvalue weighted by Gasteiger charge is -2.21. The number of likely N-dealkylation sites (tertiary alicyclic amines) is 1. The molecule has 1 aliphatic heterocycles. The highest BCUT2D eigenvalue weighted by Gasteiger charge is 2.69. The van der Waals surface area contributed by atoms with Crippen LogP contribution in [0, 0.1) is 18.8 Å². The van der Waals surface area contributed by atoms with Crippen LogP contribution in [-0.4, -0.2) is 39.4 Å². The number of nitrogens with zero attached hydrogens (tertiary/aromatic N) is 3. The smallest absolute Gasteiger partial charge is 0.335 e. The van der Waals surface area contributed by atoms with Crippen molar-refractivity contribution in [2.45, 2.75) is 44.3 Å². The molecule has 0 unspecified atom stereocenters. The van der Waals surface area contributed by atoms with E-state index in [1.54, 1.807) is 10.7 Å². The predicted octanol–water partition coefficient (Wildman–Crippen LogP) is 4.73. The van der Waals surface area contributed by atoms with Gasteiger partial charge in [-0.05, 0) is 49.8 Å². The van der Waals surface area contributed by atoms with Crippen LogP contribution in [0.1, 0.15) is 46.8 Å². The van der Waals surface area contributed by atoms with Crippen molar-refractivity contribution in [1.29, 1.82) is 0 Å². The van der Waals surface area contributed by atoms with Crippen LogP contribution in [-0.2, 0) is 0 Å². The van der Waals surface area contributed by atoms with Gasteiger partial charge in [-0.15, -0.1) is 0 Å². The third kappa shape index (κ3) is 2.74. The average molecular weight is 410 g/mol. The van der Waals surface area contributed by atoms with Crippen molar-refractivity contribution < 1.29 is 18.0 Å². The summed E-state index contributed by atoms with van der Waals surface area (Å²) in [4.78, 5) is 14.6. The Kier molecular flexibility index (Phi) is 3.86. The molecule has 3 atom stereocenters. The molecule has 5 rings (SSSR count). The average Bonchev–Trinajstić information content (AvgIpc) is 3.53. The van der Waals surface area contributed by atoms with Gasteiger partial charge in [0.05, 0.1) is 29.1 Å². The molecule has 148 valence electrons. The minimum atomic E-state index is -4.24. The summed E-state index contributed by atoms with van der Waals surface area (Å²) in [6.07, 6.45) is -0.425. The third-order valence-electron chi connectivity index (χ3n) is 6.23. The minimum Gasteiger partial charge on any atom is -0.335 e. The first-order valence-corrected chi connectivity index (χ1v) is 9.87. The van der Waals surface area contributed by atoms with Gasteiger partial charge in [-0.1, -0.05) is 17.7 Å². The monoisotopic (exact) mass is 409 g/mol. The van der Waals surface area contributed by atoms with Crippen LogP contribution in [0.5, 0.6) is 0 Å². The molecule has 1 aromatic heterocycles. The molecule has 0 N–H and O–H groups in total. The Balaban J connectivity index is 1.49. The molecule has 2 saturated carbocycles. The van der Waals surface area contributed by atoms with Crippen molar-refractivity contribution in [3.8, 4) is 5.69 Å². The van der Waals surface area contributed by atoms with Gasteiger partial charge in [0.15, 0.2) is 0 Å². The van der Waals surface area contributed by atoms with E-state index in [0.717, 1.165) is 29.8 Å². The third-order valence-corrected chi connectivity index (χ3v) is 6.64. The molecule has 1 aromatic carbocycles. The van der Waals surface area contributed by atoms with Gasteiger partial charge in [0.2, 0.25) is 0 Å². The van der Waals surface area contributed by atoms with Crippen molar-refractivity contribution in [2.75, 3.05) is 6.54 Å². The van der Waals surface area contributed by atoms with Crippen molar-refractivity contribution in [2.24, 2.45) is 11.8 Å². The van der Waals surface area contributed by atoms with Crippen molar-refractivity contribution in [3.05, 3.63) is 46.2 Å². The molecule has 0 bridgehead atoms. The van der Waals surface area contributed by atoms with E-state index < -0.39 is 24.1 Å². The van der Waals surface area contributed by atoms with Crippen LogP contribution in [0.25, 0.3) is 5.69 Å². The molecule has 2 heterocycles. The molecular formula is C20H19ClF3N3O. The van der Waals surface area contributed by atoms with Gasteiger partial charge in [-0.2, -0.15) is 18.3 Å². The van der Waals surface area contributed by atoms with Crippen LogP contribution in [0.15, 0.2) is 24.4 Å². The summed E-state index contributed by atoms with van der Waals surface area (Å²) in [5.41, 5.74) is 2.91. The van der Waals surface area contributed by atoms with Crippen LogP contribution >= 0.6 is 11.6 Å². The van der Waals surface area contributed by atoms with Crippen LogP contribution in [0.4, 0.5) is 13.2 Å². The molecule has 3 aliphatic rings. The number of fused-ring (bicyclic) bond motifs is 1. The first-order chi connectivity index (χ1) is 13.3. The van der Waals surface area contributed by atoms with E-state index in [4.69, 9.17) is 11.6 Å². The van der Waals surface area contributed by atoms with Gasteiger partial charge < -0.3 is 4.90 Å². The second kappa shape index (κ2) is 5.99. The van der Waals surface area contributed by atoms with E-state index in [0.29, 0.717) is 23.6 Å². The van der Waals surface area contributed by atoms with Crippen molar-refractivity contribution >= 4 is 17.5 Å². The van der Waals surface area contributed by atoms with E-state index in [1.165, 1.54) is 11.1 Å². The Labute approximate surface area is 165 Å². The summed E-state index contributed by atoms with van der Waals surface area (Å²) in [5, 5.41) is 5.01.